The number of nitrogens with one attached hydrogen (secondary N) is 2. The molecular formula is C20H16ClN7O4S2. The number of hydrogen-bond donors (Lipinski definition) is 2. The van der Waals surface area contributed by atoms with Crippen molar-refractivity contribution in [3.8, 4) is 0 Å². The second-order valence-electron chi connectivity index (χ2n) is 6.96. The Kier molecular flexibility index (Phi) is 6.41. The van der Waals surface area contributed by atoms with E-state index in [0.717, 1.165) is 16.0 Å². The number of sulfonamides is 1. The zero-order chi connectivity index (χ0) is 24.5. The van der Waals surface area contributed by atoms with Gasteiger partial charge in [0.25, 0.3) is 15.9 Å². The standard InChI is InChI=1S/C20H16ClN7O4S2/c1-11-17(19(30)28(26-11)18(29)13-3-5-14(21)6-4-13)24-23-15-7-9-16(10-8-15)34(31,32)27-20-25-22-12(2)33-20/h3-10,26H,1-2H3,(H,25,27). The molecule has 2 heterocycles. The highest BCUT2D eigenvalue weighted by molar-refractivity contribution is 7.93. The van der Waals surface area contributed by atoms with Gasteiger partial charge < -0.3 is 0 Å². The summed E-state index contributed by atoms with van der Waals surface area (Å²) in [6.45, 7) is 3.29. The van der Waals surface area contributed by atoms with Crippen LogP contribution in [0.4, 0.5) is 16.5 Å². The number of anilines is 1. The molecule has 0 aliphatic rings. The Morgan fingerprint density at radius 3 is 2.35 bits per heavy atom. The fraction of sp³-hybridized carbons (Fsp3) is 0.100. The molecule has 0 unspecified atom stereocenters. The van der Waals surface area contributed by atoms with Crippen LogP contribution in [0.2, 0.25) is 5.02 Å². The first-order valence-corrected chi connectivity index (χ1v) is 12.3. The van der Waals surface area contributed by atoms with E-state index in [1.807, 2.05) is 0 Å². The molecule has 2 aromatic carbocycles. The number of H-pyrrole nitrogens is 1. The SMILES string of the molecule is Cc1nnc(NS(=O)(=O)c2ccc(N=Nc3c(C)[nH]n(C(=O)c4ccc(Cl)cc4)c3=O)cc2)s1. The molecule has 14 heteroatoms. The Balaban J connectivity index is 1.53. The molecular weight excluding hydrogens is 502 g/mol. The molecule has 34 heavy (non-hydrogen) atoms. The summed E-state index contributed by atoms with van der Waals surface area (Å²) >= 11 is 6.95. The maximum atomic E-state index is 12.7. The first-order valence-electron chi connectivity index (χ1n) is 9.61. The number of nitrogens with zero attached hydrogens (tertiary/aromatic N) is 5. The molecule has 2 aromatic heterocycles. The van der Waals surface area contributed by atoms with Crippen LogP contribution in [0, 0.1) is 13.8 Å². The fourth-order valence-electron chi connectivity index (χ4n) is 2.83. The molecule has 11 nitrogen and oxygen atoms in total. The van der Waals surface area contributed by atoms with Crippen molar-refractivity contribution < 1.29 is 13.2 Å². The smallest absolute Gasteiger partial charge is 0.290 e. The minimum atomic E-state index is -3.85. The normalized spacial score (nSPS) is 11.7. The summed E-state index contributed by atoms with van der Waals surface area (Å²) in [5, 5.41) is 19.4. The topological polar surface area (TPSA) is 152 Å². The number of aryl methyl sites for hydroxylation is 2. The van der Waals surface area contributed by atoms with E-state index in [1.54, 1.807) is 26.0 Å². The van der Waals surface area contributed by atoms with Crippen molar-refractivity contribution in [3.63, 3.8) is 0 Å². The summed E-state index contributed by atoms with van der Waals surface area (Å²) in [7, 11) is -3.85. The lowest BCUT2D eigenvalue weighted by molar-refractivity contribution is 0.0941. The minimum Gasteiger partial charge on any atom is -0.290 e. The lowest BCUT2D eigenvalue weighted by Crippen LogP contribution is -2.25. The lowest BCUT2D eigenvalue weighted by atomic mass is 10.2. The van der Waals surface area contributed by atoms with Crippen molar-refractivity contribution in [3.05, 3.63) is 80.2 Å². The van der Waals surface area contributed by atoms with Crippen LogP contribution in [0.5, 0.6) is 0 Å². The Morgan fingerprint density at radius 2 is 1.74 bits per heavy atom. The molecule has 0 radical (unpaired) electrons. The van der Waals surface area contributed by atoms with Gasteiger partial charge in [0, 0.05) is 10.6 Å². The zero-order valence-electron chi connectivity index (χ0n) is 17.7. The van der Waals surface area contributed by atoms with E-state index in [4.69, 9.17) is 11.6 Å². The average molecular weight is 518 g/mol. The predicted molar refractivity (Wildman–Crippen MR) is 127 cm³/mol. The Bertz CT molecular complexity index is 1550. The minimum absolute atomic E-state index is 0.00644. The van der Waals surface area contributed by atoms with E-state index in [9.17, 15) is 18.0 Å². The fourth-order valence-corrected chi connectivity index (χ4v) is 4.78. The molecule has 0 fully saturated rings. The van der Waals surface area contributed by atoms with Crippen molar-refractivity contribution in [2.24, 2.45) is 10.2 Å². The third kappa shape index (κ3) is 4.95. The molecule has 4 rings (SSSR count). The molecule has 0 aliphatic carbocycles. The molecule has 174 valence electrons. The van der Waals surface area contributed by atoms with Gasteiger partial charge >= 0.3 is 5.56 Å². The van der Waals surface area contributed by atoms with Gasteiger partial charge in [-0.3, -0.25) is 19.4 Å². The predicted octanol–water partition coefficient (Wildman–Crippen LogP) is 4.20. The maximum absolute atomic E-state index is 12.7. The summed E-state index contributed by atoms with van der Waals surface area (Å²) in [6, 6.07) is 11.7. The van der Waals surface area contributed by atoms with E-state index in [1.165, 1.54) is 36.4 Å². The van der Waals surface area contributed by atoms with E-state index >= 15 is 0 Å². The van der Waals surface area contributed by atoms with Gasteiger partial charge in [0.1, 0.15) is 5.01 Å². The van der Waals surface area contributed by atoms with Gasteiger partial charge in [0.05, 0.1) is 16.3 Å². The van der Waals surface area contributed by atoms with Gasteiger partial charge in [-0.25, -0.2) is 8.42 Å². The van der Waals surface area contributed by atoms with E-state index in [-0.39, 0.29) is 21.3 Å². The number of hydrogen-bond acceptors (Lipinski definition) is 9. The third-order valence-electron chi connectivity index (χ3n) is 4.49. The highest BCUT2D eigenvalue weighted by Gasteiger charge is 2.18. The Morgan fingerprint density at radius 1 is 1.06 bits per heavy atom. The van der Waals surface area contributed by atoms with Gasteiger partial charge in [0.2, 0.25) is 5.13 Å². The molecule has 0 bridgehead atoms. The quantitative estimate of drug-likeness (QED) is 0.365. The van der Waals surface area contributed by atoms with Crippen LogP contribution in [-0.2, 0) is 10.0 Å². The van der Waals surface area contributed by atoms with Crippen LogP contribution in [0.25, 0.3) is 0 Å². The van der Waals surface area contributed by atoms with Crippen LogP contribution < -0.4 is 10.3 Å². The molecule has 0 spiro atoms. The zero-order valence-corrected chi connectivity index (χ0v) is 20.1. The van der Waals surface area contributed by atoms with E-state index < -0.39 is 21.5 Å². The number of aromatic amines is 1. The number of aromatic nitrogens is 4. The van der Waals surface area contributed by atoms with E-state index in [2.05, 4.69) is 30.2 Å². The summed E-state index contributed by atoms with van der Waals surface area (Å²) in [6.07, 6.45) is 0. The van der Waals surface area contributed by atoms with Crippen LogP contribution in [-0.4, -0.2) is 34.3 Å². The monoisotopic (exact) mass is 517 g/mol. The Hall–Kier alpha value is -3.68. The summed E-state index contributed by atoms with van der Waals surface area (Å²) < 4.78 is 28.1. The average Bonchev–Trinajstić information content (AvgIpc) is 3.33. The molecule has 0 saturated carbocycles. The largest absolute Gasteiger partial charge is 0.302 e. The first-order chi connectivity index (χ1) is 16.1. The maximum Gasteiger partial charge on any atom is 0.302 e. The van der Waals surface area contributed by atoms with Gasteiger partial charge in [-0.2, -0.15) is 9.80 Å². The van der Waals surface area contributed by atoms with Gasteiger partial charge in [-0.15, -0.1) is 15.3 Å². The molecule has 0 saturated heterocycles. The first kappa shape index (κ1) is 23.5. The van der Waals surface area contributed by atoms with E-state index in [0.29, 0.717) is 21.4 Å². The number of halogens is 1. The van der Waals surface area contributed by atoms with Crippen LogP contribution in [0.3, 0.4) is 0 Å². The lowest BCUT2D eigenvalue weighted by Gasteiger charge is -2.04. The number of carbonyl (C=O) groups excluding carboxylic acids is 1. The number of carbonyl (C=O) groups is 1. The summed E-state index contributed by atoms with van der Waals surface area (Å²) in [5.41, 5.74) is 0.197. The summed E-state index contributed by atoms with van der Waals surface area (Å²) in [5.74, 6) is -0.570. The van der Waals surface area contributed by atoms with Crippen molar-refractivity contribution >= 4 is 55.4 Å². The molecule has 0 aliphatic heterocycles. The van der Waals surface area contributed by atoms with Crippen LogP contribution in [0.15, 0.2) is 68.4 Å². The van der Waals surface area contributed by atoms with Crippen molar-refractivity contribution in [2.45, 2.75) is 18.7 Å². The summed E-state index contributed by atoms with van der Waals surface area (Å²) in [4.78, 5) is 25.3. The van der Waals surface area contributed by atoms with Crippen LogP contribution >= 0.6 is 22.9 Å². The van der Waals surface area contributed by atoms with Crippen molar-refractivity contribution in [1.82, 2.24) is 20.0 Å². The van der Waals surface area contributed by atoms with Gasteiger partial charge in [0.15, 0.2) is 5.69 Å². The molecule has 4 aromatic rings. The molecule has 2 N–H and O–H groups in total. The number of azo groups is 1. The van der Waals surface area contributed by atoms with Gasteiger partial charge in [-0.05, 0) is 62.4 Å². The van der Waals surface area contributed by atoms with Crippen LogP contribution in [0.1, 0.15) is 21.1 Å². The highest BCUT2D eigenvalue weighted by Crippen LogP contribution is 2.23. The third-order valence-corrected chi connectivity index (χ3v) is 6.98. The number of benzene rings is 2. The number of rotatable bonds is 6. The van der Waals surface area contributed by atoms with Gasteiger partial charge in [-0.1, -0.05) is 22.9 Å². The van der Waals surface area contributed by atoms with Crippen molar-refractivity contribution in [1.29, 1.82) is 0 Å². The molecule has 0 amide bonds. The Labute approximate surface area is 202 Å². The second-order valence-corrected chi connectivity index (χ2v) is 10.3. The highest BCUT2D eigenvalue weighted by atomic mass is 35.5. The second kappa shape index (κ2) is 9.29. The van der Waals surface area contributed by atoms with Crippen molar-refractivity contribution in [2.75, 3.05) is 4.72 Å². The molecule has 0 atom stereocenters.